The molecule has 0 fully saturated rings. The Morgan fingerprint density at radius 3 is 2.45 bits per heavy atom. The van der Waals surface area contributed by atoms with Crippen LogP contribution < -0.4 is 0 Å². The normalized spacial score (nSPS) is 12.0. The average Bonchev–Trinajstić information content (AvgIpc) is 2.79. The lowest BCUT2D eigenvalue weighted by Crippen LogP contribution is -2.13. The molecule has 0 saturated carbocycles. The van der Waals surface area contributed by atoms with E-state index in [1.165, 1.54) is 6.20 Å². The summed E-state index contributed by atoms with van der Waals surface area (Å²) in [5, 5.41) is 3.71. The third-order valence-corrected chi connectivity index (χ3v) is 3.35. The molecule has 2 aromatic heterocycles. The fourth-order valence-electron chi connectivity index (χ4n) is 1.89. The lowest BCUT2D eigenvalue weighted by molar-refractivity contribution is -0.142. The Bertz CT molecular complexity index is 766. The van der Waals surface area contributed by atoms with E-state index in [-0.39, 0.29) is 11.3 Å². The van der Waals surface area contributed by atoms with Gasteiger partial charge in [-0.1, -0.05) is 30.3 Å². The molecule has 0 aliphatic carbocycles. The minimum Gasteiger partial charge on any atom is -0.227 e. The second-order valence-electron chi connectivity index (χ2n) is 4.12. The van der Waals surface area contributed by atoms with Gasteiger partial charge in [-0.25, -0.2) is 9.50 Å². The first-order valence-electron chi connectivity index (χ1n) is 5.64. The van der Waals surface area contributed by atoms with Crippen molar-refractivity contribution in [1.29, 1.82) is 0 Å². The van der Waals surface area contributed by atoms with Crippen molar-refractivity contribution in [1.82, 2.24) is 14.6 Å². The first-order valence-corrected chi connectivity index (χ1v) is 6.43. The molecular formula is C13H7BrF3N3. The van der Waals surface area contributed by atoms with Gasteiger partial charge in [0.05, 0.1) is 16.4 Å². The Morgan fingerprint density at radius 2 is 1.80 bits per heavy atom. The maximum Gasteiger partial charge on any atom is 0.433 e. The van der Waals surface area contributed by atoms with Crippen LogP contribution in [0.15, 0.2) is 47.1 Å². The number of aromatic nitrogens is 3. The number of alkyl halides is 3. The number of rotatable bonds is 1. The fourth-order valence-corrected chi connectivity index (χ4v) is 2.24. The van der Waals surface area contributed by atoms with Crippen molar-refractivity contribution < 1.29 is 13.2 Å². The monoisotopic (exact) mass is 341 g/mol. The zero-order valence-corrected chi connectivity index (χ0v) is 11.5. The van der Waals surface area contributed by atoms with Gasteiger partial charge in [0.2, 0.25) is 0 Å². The third kappa shape index (κ3) is 2.18. The van der Waals surface area contributed by atoms with Crippen LogP contribution in [0.3, 0.4) is 0 Å². The van der Waals surface area contributed by atoms with E-state index in [1.807, 2.05) is 0 Å². The Labute approximate surface area is 120 Å². The summed E-state index contributed by atoms with van der Waals surface area (Å²) in [6, 6.07) is 9.72. The molecule has 0 radical (unpaired) electrons. The highest BCUT2D eigenvalue weighted by Crippen LogP contribution is 2.33. The summed E-state index contributed by atoms with van der Waals surface area (Å²) in [4.78, 5) is 4.23. The Morgan fingerprint density at radius 1 is 1.10 bits per heavy atom. The molecule has 3 nitrogen and oxygen atoms in total. The second-order valence-corrected chi connectivity index (χ2v) is 4.97. The minimum atomic E-state index is -4.50. The van der Waals surface area contributed by atoms with Gasteiger partial charge in [0.1, 0.15) is 0 Å². The molecule has 0 spiro atoms. The molecule has 2 heterocycles. The number of nitrogens with zero attached hydrogens (tertiary/aromatic N) is 3. The summed E-state index contributed by atoms with van der Waals surface area (Å²) >= 11 is 3.16. The predicted octanol–water partition coefficient (Wildman–Crippen LogP) is 4.18. The number of benzene rings is 1. The summed E-state index contributed by atoms with van der Waals surface area (Å²) in [6.07, 6.45) is -3.21. The molecule has 7 heteroatoms. The van der Waals surface area contributed by atoms with Gasteiger partial charge in [0, 0.05) is 5.56 Å². The van der Waals surface area contributed by atoms with Crippen LogP contribution in [-0.2, 0) is 6.18 Å². The zero-order chi connectivity index (χ0) is 14.3. The van der Waals surface area contributed by atoms with Crippen molar-refractivity contribution in [2.24, 2.45) is 0 Å². The molecule has 3 aromatic rings. The molecule has 0 N–H and O–H groups in total. The second kappa shape index (κ2) is 4.59. The molecule has 20 heavy (non-hydrogen) atoms. The summed E-state index contributed by atoms with van der Waals surface area (Å²) < 4.78 is 40.6. The average molecular weight is 342 g/mol. The highest BCUT2D eigenvalue weighted by atomic mass is 79.9. The third-order valence-electron chi connectivity index (χ3n) is 2.79. The summed E-state index contributed by atoms with van der Waals surface area (Å²) in [6.45, 7) is 0. The van der Waals surface area contributed by atoms with Gasteiger partial charge in [-0.2, -0.15) is 18.3 Å². The lowest BCUT2D eigenvalue weighted by Gasteiger charge is -2.11. The Hall–Kier alpha value is -1.89. The Balaban J connectivity index is 2.33. The number of hydrogen-bond donors (Lipinski definition) is 0. The van der Waals surface area contributed by atoms with Gasteiger partial charge in [-0.15, -0.1) is 0 Å². The van der Waals surface area contributed by atoms with Gasteiger partial charge in [0.15, 0.2) is 11.3 Å². The highest BCUT2D eigenvalue weighted by Gasteiger charge is 2.35. The number of fused-ring (bicyclic) bond motifs is 1. The molecule has 0 unspecified atom stereocenters. The van der Waals surface area contributed by atoms with Gasteiger partial charge in [-0.05, 0) is 22.0 Å². The fraction of sp³-hybridized carbons (Fsp3) is 0.0769. The van der Waals surface area contributed by atoms with Crippen molar-refractivity contribution in [2.75, 3.05) is 0 Å². The Kier molecular flexibility index (Phi) is 3.01. The molecule has 0 atom stereocenters. The van der Waals surface area contributed by atoms with Crippen molar-refractivity contribution >= 4 is 21.6 Å². The maximum absolute atomic E-state index is 13.1. The van der Waals surface area contributed by atoms with Gasteiger partial charge in [-0.3, -0.25) is 0 Å². The highest BCUT2D eigenvalue weighted by molar-refractivity contribution is 9.10. The first-order chi connectivity index (χ1) is 9.47. The van der Waals surface area contributed by atoms with Gasteiger partial charge < -0.3 is 0 Å². The van der Waals surface area contributed by atoms with Crippen LogP contribution in [0, 0.1) is 0 Å². The minimum absolute atomic E-state index is 0.138. The molecule has 0 saturated heterocycles. The molecule has 1 aromatic carbocycles. The van der Waals surface area contributed by atoms with Crippen molar-refractivity contribution in [3.05, 3.63) is 52.8 Å². The van der Waals surface area contributed by atoms with E-state index in [2.05, 4.69) is 26.0 Å². The van der Waals surface area contributed by atoms with Gasteiger partial charge in [0.25, 0.3) is 0 Å². The predicted molar refractivity (Wildman–Crippen MR) is 71.1 cm³/mol. The van der Waals surface area contributed by atoms with E-state index in [9.17, 15) is 13.2 Å². The summed E-state index contributed by atoms with van der Waals surface area (Å²) in [7, 11) is 0. The van der Waals surface area contributed by atoms with Crippen LogP contribution in [0.2, 0.25) is 0 Å². The standard InChI is InChI=1S/C13H7BrF3N3/c14-9-7-18-20-11(13(15,16)17)6-10(19-12(9)20)8-4-2-1-3-5-8/h1-7H. The van der Waals surface area contributed by atoms with Crippen LogP contribution in [0.1, 0.15) is 5.69 Å². The molecule has 0 bridgehead atoms. The van der Waals surface area contributed by atoms with Crippen molar-refractivity contribution in [3.63, 3.8) is 0 Å². The van der Waals surface area contributed by atoms with E-state index in [4.69, 9.17) is 0 Å². The molecular weight excluding hydrogens is 335 g/mol. The smallest absolute Gasteiger partial charge is 0.227 e. The first kappa shape index (κ1) is 13.1. The van der Waals surface area contributed by atoms with Crippen molar-refractivity contribution in [3.8, 4) is 11.3 Å². The topological polar surface area (TPSA) is 30.2 Å². The molecule has 0 aliphatic rings. The van der Waals surface area contributed by atoms with E-state index in [1.54, 1.807) is 30.3 Å². The van der Waals surface area contributed by atoms with Crippen LogP contribution in [0.25, 0.3) is 16.9 Å². The zero-order valence-electron chi connectivity index (χ0n) is 9.89. The van der Waals surface area contributed by atoms with E-state index >= 15 is 0 Å². The number of hydrogen-bond acceptors (Lipinski definition) is 2. The van der Waals surface area contributed by atoms with E-state index in [0.29, 0.717) is 10.0 Å². The van der Waals surface area contributed by atoms with Crippen LogP contribution in [0.4, 0.5) is 13.2 Å². The summed E-state index contributed by atoms with van der Waals surface area (Å²) in [5.74, 6) is 0. The van der Waals surface area contributed by atoms with E-state index in [0.717, 1.165) is 10.6 Å². The largest absolute Gasteiger partial charge is 0.433 e. The SMILES string of the molecule is FC(F)(F)c1cc(-c2ccccc2)nc2c(Br)cnn12. The van der Waals surface area contributed by atoms with Crippen LogP contribution >= 0.6 is 15.9 Å². The quantitative estimate of drug-likeness (QED) is 0.664. The van der Waals surface area contributed by atoms with Crippen LogP contribution in [-0.4, -0.2) is 14.6 Å². The molecule has 0 aliphatic heterocycles. The molecule has 0 amide bonds. The van der Waals surface area contributed by atoms with Crippen LogP contribution in [0.5, 0.6) is 0 Å². The maximum atomic E-state index is 13.1. The summed E-state index contributed by atoms with van der Waals surface area (Å²) in [5.41, 5.74) is 0.158. The van der Waals surface area contributed by atoms with Crippen molar-refractivity contribution in [2.45, 2.75) is 6.18 Å². The van der Waals surface area contributed by atoms with Gasteiger partial charge >= 0.3 is 6.18 Å². The number of halogens is 4. The molecule has 3 rings (SSSR count). The molecule has 102 valence electrons. The van der Waals surface area contributed by atoms with E-state index < -0.39 is 11.9 Å². The lowest BCUT2D eigenvalue weighted by atomic mass is 10.1.